The molecule has 6 aliphatic rings. The van der Waals surface area contributed by atoms with Crippen LogP contribution in [0.5, 0.6) is 0 Å². The molecule has 0 aliphatic carbocycles. The lowest BCUT2D eigenvalue weighted by atomic mass is 9.96. The normalized spacial score (nSPS) is 31.6. The third-order valence-corrected chi connectivity index (χ3v) is 14.2. The topological polar surface area (TPSA) is 233 Å². The maximum Gasteiger partial charge on any atom is 0.509 e. The van der Waals surface area contributed by atoms with Gasteiger partial charge in [-0.1, -0.05) is 103 Å². The predicted molar refractivity (Wildman–Crippen MR) is 276 cm³/mol. The molecule has 5 aromatic carbocycles. The molecular weight excluding hydrogens is 1060 g/mol. The van der Waals surface area contributed by atoms with Crippen molar-refractivity contribution in [2.24, 2.45) is 0 Å². The SMILES string of the molecule is CC1(C)O[C@H]2O[C@H]([C@H]3COC(C)(C)O3)[C@H](O[C@H]3O[C@H](COCc4ccccc4)[C@@H](O[C@@H]4O[C@H](COC(=O)c5ccccc5)[C@H](OC(=O)c5ccccc5)[C@H](OC(=O)c5ccccc5)[C@H]4OC(=O)c4ccccc4)[C@@H]4OC(=O)O[C@@H]34)[C@H]2O1. The van der Waals surface area contributed by atoms with Gasteiger partial charge in [-0.3, -0.25) is 0 Å². The summed E-state index contributed by atoms with van der Waals surface area (Å²) in [6.45, 7) is 6.33. The fourth-order valence-electron chi connectivity index (χ4n) is 10.4. The third-order valence-electron chi connectivity index (χ3n) is 14.2. The molecule has 21 heteroatoms. The highest BCUT2D eigenvalue weighted by molar-refractivity contribution is 5.91. The minimum Gasteiger partial charge on any atom is -0.459 e. The van der Waals surface area contributed by atoms with Gasteiger partial charge in [-0.25, -0.2) is 24.0 Å². The van der Waals surface area contributed by atoms with Gasteiger partial charge in [-0.15, -0.1) is 0 Å². The highest BCUT2D eigenvalue weighted by Crippen LogP contribution is 2.45. The maximum atomic E-state index is 14.5. The van der Waals surface area contributed by atoms with Crippen molar-refractivity contribution in [3.05, 3.63) is 179 Å². The van der Waals surface area contributed by atoms with E-state index < -0.39 is 140 Å². The molecule has 0 N–H and O–H groups in total. The van der Waals surface area contributed by atoms with Crippen molar-refractivity contribution < 1.29 is 99.8 Å². The van der Waals surface area contributed by atoms with Crippen LogP contribution >= 0.6 is 0 Å². The van der Waals surface area contributed by atoms with Gasteiger partial charge in [0.2, 0.25) is 0 Å². The standard InChI is InChI=1S/C60H60O21/c1-59(2)68-33-41(79-59)44-47(50-57(75-44)81-60(3,4)80-50)76-56-49-46(77-58(65)78-49)43(39(69-56)31-66-30-34-20-10-5-11-21-34)74-55-48(73-54(64)38-28-18-9-19-29-38)45(72-53(63)37-26-16-8-17-27-37)42(71-52(62)36-24-14-7-15-25-36)40(70-55)32-67-51(61)35-22-12-6-13-23-35/h5-29,39-50,55-57H,30-33H2,1-4H3/t39-,40-,41-,42+,43-,44-,45+,46+,47+,48-,49-,50-,55+,56-,57-/m1/s1. The van der Waals surface area contributed by atoms with Gasteiger partial charge in [-0.2, -0.15) is 0 Å². The van der Waals surface area contributed by atoms with E-state index in [0.717, 1.165) is 5.56 Å². The largest absolute Gasteiger partial charge is 0.509 e. The van der Waals surface area contributed by atoms with Gasteiger partial charge in [0.15, 0.2) is 61.0 Å². The maximum absolute atomic E-state index is 14.5. The number of benzene rings is 5. The van der Waals surface area contributed by atoms with E-state index in [9.17, 15) is 24.0 Å². The van der Waals surface area contributed by atoms with Crippen LogP contribution in [-0.4, -0.2) is 154 Å². The number of esters is 4. The smallest absolute Gasteiger partial charge is 0.459 e. The van der Waals surface area contributed by atoms with Gasteiger partial charge in [0, 0.05) is 0 Å². The zero-order chi connectivity index (χ0) is 56.3. The van der Waals surface area contributed by atoms with E-state index in [1.165, 1.54) is 36.4 Å². The van der Waals surface area contributed by atoms with Crippen molar-refractivity contribution in [2.45, 2.75) is 138 Å². The average Bonchev–Trinajstić information content (AvgIpc) is 4.04. The van der Waals surface area contributed by atoms with Crippen LogP contribution in [0.2, 0.25) is 0 Å². The summed E-state index contributed by atoms with van der Waals surface area (Å²) in [6, 6.07) is 41.2. The number of carbonyl (C=O) groups excluding carboxylic acids is 5. The van der Waals surface area contributed by atoms with Crippen molar-refractivity contribution in [2.75, 3.05) is 19.8 Å². The van der Waals surface area contributed by atoms with E-state index >= 15 is 0 Å². The minimum atomic E-state index is -1.86. The Morgan fingerprint density at radius 1 is 0.469 bits per heavy atom. The van der Waals surface area contributed by atoms with Gasteiger partial charge in [0.05, 0.1) is 42.1 Å². The van der Waals surface area contributed by atoms with Gasteiger partial charge in [0.25, 0.3) is 0 Å². The van der Waals surface area contributed by atoms with E-state index in [0.29, 0.717) is 0 Å². The monoisotopic (exact) mass is 1120 g/mol. The molecular formula is C60H60O21. The van der Waals surface area contributed by atoms with Crippen molar-refractivity contribution in [3.63, 3.8) is 0 Å². The minimum absolute atomic E-state index is 0.0714. The van der Waals surface area contributed by atoms with Crippen molar-refractivity contribution >= 4 is 30.0 Å². The molecule has 6 heterocycles. The summed E-state index contributed by atoms with van der Waals surface area (Å²) in [5, 5.41) is 0. The van der Waals surface area contributed by atoms with Crippen LogP contribution in [0.3, 0.4) is 0 Å². The summed E-state index contributed by atoms with van der Waals surface area (Å²) in [5.41, 5.74) is 1.23. The summed E-state index contributed by atoms with van der Waals surface area (Å²) < 4.78 is 101. The Hall–Kier alpha value is -7.15. The molecule has 0 amide bonds. The molecule has 21 nitrogen and oxygen atoms in total. The molecule has 81 heavy (non-hydrogen) atoms. The number of fused-ring (bicyclic) bond motifs is 2. The van der Waals surface area contributed by atoms with E-state index in [2.05, 4.69) is 0 Å². The molecule has 0 unspecified atom stereocenters. The average molecular weight is 1120 g/mol. The molecule has 6 fully saturated rings. The Labute approximate surface area is 465 Å². The molecule has 5 aromatic rings. The highest BCUT2D eigenvalue weighted by atomic mass is 16.9. The van der Waals surface area contributed by atoms with E-state index in [4.69, 9.17) is 75.8 Å². The summed E-state index contributed by atoms with van der Waals surface area (Å²) in [6.07, 6.45) is -21.0. The molecule has 0 saturated carbocycles. The molecule has 6 aliphatic heterocycles. The van der Waals surface area contributed by atoms with Gasteiger partial charge >= 0.3 is 30.0 Å². The first-order valence-corrected chi connectivity index (χ1v) is 26.6. The Balaban J connectivity index is 0.977. The Morgan fingerprint density at radius 3 is 1.53 bits per heavy atom. The van der Waals surface area contributed by atoms with Crippen molar-refractivity contribution in [1.29, 1.82) is 0 Å². The van der Waals surface area contributed by atoms with Gasteiger partial charge in [0.1, 0.15) is 49.3 Å². The number of hydrogen-bond donors (Lipinski definition) is 0. The molecule has 0 radical (unpaired) electrons. The lowest BCUT2D eigenvalue weighted by Crippen LogP contribution is -2.66. The number of ether oxygens (including phenoxy) is 16. The molecule has 0 bridgehead atoms. The summed E-state index contributed by atoms with van der Waals surface area (Å²) in [4.78, 5) is 70.4. The summed E-state index contributed by atoms with van der Waals surface area (Å²) >= 11 is 0. The van der Waals surface area contributed by atoms with E-state index in [-0.39, 0.29) is 42.1 Å². The Kier molecular flexibility index (Phi) is 16.6. The number of rotatable bonds is 18. The fraction of sp³-hybridized carbons (Fsp3) is 0.417. The van der Waals surface area contributed by atoms with Gasteiger partial charge < -0.3 is 75.8 Å². The van der Waals surface area contributed by atoms with Gasteiger partial charge in [-0.05, 0) is 81.8 Å². The van der Waals surface area contributed by atoms with Crippen LogP contribution in [0.25, 0.3) is 0 Å². The lowest BCUT2D eigenvalue weighted by molar-refractivity contribution is -0.355. The predicted octanol–water partition coefficient (Wildman–Crippen LogP) is 6.89. The third kappa shape index (κ3) is 12.8. The second kappa shape index (κ2) is 24.1. The van der Waals surface area contributed by atoms with Crippen LogP contribution in [0.15, 0.2) is 152 Å². The fourth-order valence-corrected chi connectivity index (χ4v) is 10.4. The van der Waals surface area contributed by atoms with Crippen LogP contribution < -0.4 is 0 Å². The molecule has 11 rings (SSSR count). The Morgan fingerprint density at radius 2 is 0.963 bits per heavy atom. The van der Waals surface area contributed by atoms with E-state index in [1.807, 2.05) is 30.3 Å². The van der Waals surface area contributed by atoms with Crippen molar-refractivity contribution in [3.8, 4) is 0 Å². The molecule has 0 aromatic heterocycles. The number of carbonyl (C=O) groups is 5. The summed E-state index contributed by atoms with van der Waals surface area (Å²) in [5.74, 6) is -5.57. The highest BCUT2D eigenvalue weighted by Gasteiger charge is 2.64. The van der Waals surface area contributed by atoms with E-state index in [1.54, 1.807) is 113 Å². The zero-order valence-electron chi connectivity index (χ0n) is 44.5. The molecule has 15 atom stereocenters. The van der Waals surface area contributed by atoms with Crippen LogP contribution in [0.4, 0.5) is 4.79 Å². The van der Waals surface area contributed by atoms with Crippen molar-refractivity contribution in [1.82, 2.24) is 0 Å². The second-order valence-corrected chi connectivity index (χ2v) is 20.8. The first-order chi connectivity index (χ1) is 39.1. The first kappa shape index (κ1) is 55.7. The molecule has 6 saturated heterocycles. The lowest BCUT2D eigenvalue weighted by Gasteiger charge is -2.47. The number of hydrogen-bond acceptors (Lipinski definition) is 21. The first-order valence-electron chi connectivity index (χ1n) is 26.6. The second-order valence-electron chi connectivity index (χ2n) is 20.8. The summed E-state index contributed by atoms with van der Waals surface area (Å²) in [7, 11) is 0. The van der Waals surface area contributed by atoms with Crippen LogP contribution in [0.1, 0.15) is 74.7 Å². The molecule has 0 spiro atoms. The Bertz CT molecular complexity index is 2970. The van der Waals surface area contributed by atoms with Crippen LogP contribution in [-0.2, 0) is 82.4 Å². The molecule has 426 valence electrons. The van der Waals surface area contributed by atoms with Crippen LogP contribution in [0, 0.1) is 0 Å². The quantitative estimate of drug-likeness (QED) is 0.0642. The zero-order valence-corrected chi connectivity index (χ0v) is 44.5.